The van der Waals surface area contributed by atoms with Crippen molar-refractivity contribution in [1.29, 1.82) is 0 Å². The second kappa shape index (κ2) is 8.91. The van der Waals surface area contributed by atoms with Crippen LogP contribution in [0.1, 0.15) is 25.1 Å². The van der Waals surface area contributed by atoms with Gasteiger partial charge in [-0.2, -0.15) is 22.5 Å². The summed E-state index contributed by atoms with van der Waals surface area (Å²) in [5.41, 5.74) is -0.570. The number of amides is 1. The van der Waals surface area contributed by atoms with Crippen molar-refractivity contribution in [3.05, 3.63) is 29.6 Å². The second-order valence-electron chi connectivity index (χ2n) is 8.17. The number of sulfone groups is 1. The molecule has 2 fully saturated rings. The highest BCUT2D eigenvalue weighted by atomic mass is 32.2. The second-order valence-corrected chi connectivity index (χ2v) is 10.9. The zero-order chi connectivity index (χ0) is 24.8. The normalized spacial score (nSPS) is 20.3. The first-order valence-electron chi connectivity index (χ1n) is 10.3. The third-order valence-electron chi connectivity index (χ3n) is 5.85. The van der Waals surface area contributed by atoms with E-state index in [1.165, 1.54) is 0 Å². The van der Waals surface area contributed by atoms with Crippen molar-refractivity contribution in [3.8, 4) is 0 Å². The highest BCUT2D eigenvalue weighted by Gasteiger charge is 2.39. The summed E-state index contributed by atoms with van der Waals surface area (Å²) in [4.78, 5) is 19.2. The van der Waals surface area contributed by atoms with Crippen molar-refractivity contribution in [3.63, 3.8) is 0 Å². The molecule has 1 atom stereocenters. The summed E-state index contributed by atoms with van der Waals surface area (Å²) in [6.07, 6.45) is -2.51. The standard InChI is InChI=1S/C19H20F5N5O3S2/c1-34(31,32)11-8-12(20)15(13(21)9-11)25-14-4-7-29(16(14)30)10-2-5-28(6-3-10)18-26-17(27-33-18)19(22,23)24/h8-10,14,25H,2-7H2,1H3. The van der Waals surface area contributed by atoms with E-state index in [4.69, 9.17) is 0 Å². The molecule has 8 nitrogen and oxygen atoms in total. The predicted molar refractivity (Wildman–Crippen MR) is 113 cm³/mol. The van der Waals surface area contributed by atoms with Gasteiger partial charge >= 0.3 is 6.18 Å². The van der Waals surface area contributed by atoms with Gasteiger partial charge in [-0.1, -0.05) is 0 Å². The third kappa shape index (κ3) is 4.94. The Labute approximate surface area is 195 Å². The first-order chi connectivity index (χ1) is 15.8. The van der Waals surface area contributed by atoms with Crippen molar-refractivity contribution < 1.29 is 35.2 Å². The van der Waals surface area contributed by atoms with Gasteiger partial charge in [-0.15, -0.1) is 0 Å². The molecule has 0 bridgehead atoms. The molecule has 0 aliphatic carbocycles. The lowest BCUT2D eigenvalue weighted by atomic mass is 10.0. The van der Waals surface area contributed by atoms with Gasteiger partial charge in [-0.25, -0.2) is 17.2 Å². The number of rotatable bonds is 5. The Hall–Kier alpha value is -2.55. The molecule has 15 heteroatoms. The molecule has 0 radical (unpaired) electrons. The lowest BCUT2D eigenvalue weighted by Crippen LogP contribution is -2.47. The number of carbonyl (C=O) groups is 1. The molecule has 34 heavy (non-hydrogen) atoms. The summed E-state index contributed by atoms with van der Waals surface area (Å²) < 4.78 is 93.4. The fraction of sp³-hybridized carbons (Fsp3) is 0.526. The van der Waals surface area contributed by atoms with Crippen molar-refractivity contribution in [2.24, 2.45) is 0 Å². The average molecular weight is 526 g/mol. The molecule has 1 N–H and O–H groups in total. The van der Waals surface area contributed by atoms with Crippen LogP contribution in [-0.2, 0) is 20.8 Å². The molecule has 1 aromatic heterocycles. The first-order valence-corrected chi connectivity index (χ1v) is 12.9. The summed E-state index contributed by atoms with van der Waals surface area (Å²) in [6.45, 7) is 1.12. The maximum Gasteiger partial charge on any atom is 0.452 e. The number of nitrogens with one attached hydrogen (secondary N) is 1. The van der Waals surface area contributed by atoms with Gasteiger partial charge in [-0.05, 0) is 31.4 Å². The molecule has 1 aromatic carbocycles. The fourth-order valence-electron chi connectivity index (χ4n) is 4.10. The van der Waals surface area contributed by atoms with Gasteiger partial charge in [0.25, 0.3) is 0 Å². The van der Waals surface area contributed by atoms with Gasteiger partial charge in [0.2, 0.25) is 16.9 Å². The molecule has 186 valence electrons. The molecule has 2 aromatic rings. The first kappa shape index (κ1) is 24.6. The van der Waals surface area contributed by atoms with Crippen LogP contribution in [0.2, 0.25) is 0 Å². The van der Waals surface area contributed by atoms with Crippen LogP contribution in [-0.4, -0.2) is 66.6 Å². The number of hydrogen-bond acceptors (Lipinski definition) is 8. The Morgan fingerprint density at radius 2 is 1.71 bits per heavy atom. The highest BCUT2D eigenvalue weighted by molar-refractivity contribution is 7.90. The number of halogens is 5. The van der Waals surface area contributed by atoms with Crippen LogP contribution in [0.4, 0.5) is 32.8 Å². The molecule has 3 heterocycles. The van der Waals surface area contributed by atoms with E-state index in [2.05, 4.69) is 14.7 Å². The minimum Gasteiger partial charge on any atom is -0.369 e. The van der Waals surface area contributed by atoms with E-state index >= 15 is 0 Å². The maximum atomic E-state index is 14.4. The smallest absolute Gasteiger partial charge is 0.369 e. The zero-order valence-electron chi connectivity index (χ0n) is 17.8. The SMILES string of the molecule is CS(=O)(=O)c1cc(F)c(NC2CCN(C3CCN(c4nc(C(F)(F)F)ns4)CC3)C2=O)c(F)c1. The van der Waals surface area contributed by atoms with Crippen molar-refractivity contribution >= 4 is 38.1 Å². The Bertz CT molecular complexity index is 1170. The van der Waals surface area contributed by atoms with E-state index in [9.17, 15) is 35.2 Å². The largest absolute Gasteiger partial charge is 0.452 e. The predicted octanol–water partition coefficient (Wildman–Crippen LogP) is 2.92. The molecule has 2 aliphatic rings. The summed E-state index contributed by atoms with van der Waals surface area (Å²) in [7, 11) is -3.81. The number of aromatic nitrogens is 2. The topological polar surface area (TPSA) is 95.5 Å². The van der Waals surface area contributed by atoms with Gasteiger partial charge in [-0.3, -0.25) is 4.79 Å². The minimum atomic E-state index is -4.61. The van der Waals surface area contributed by atoms with Crippen LogP contribution in [0.5, 0.6) is 0 Å². The molecule has 1 amide bonds. The Morgan fingerprint density at radius 1 is 1.09 bits per heavy atom. The van der Waals surface area contributed by atoms with Crippen LogP contribution in [0.15, 0.2) is 17.0 Å². The summed E-state index contributed by atoms with van der Waals surface area (Å²) >= 11 is 0.669. The summed E-state index contributed by atoms with van der Waals surface area (Å²) in [6, 6.07) is 0.341. The van der Waals surface area contributed by atoms with Crippen LogP contribution >= 0.6 is 11.5 Å². The van der Waals surface area contributed by atoms with E-state index < -0.39 is 50.1 Å². The molecule has 2 saturated heterocycles. The van der Waals surface area contributed by atoms with E-state index in [1.807, 2.05) is 0 Å². The Kier molecular flexibility index (Phi) is 6.44. The quantitative estimate of drug-likeness (QED) is 0.600. The molecule has 0 spiro atoms. The Balaban J connectivity index is 1.38. The Morgan fingerprint density at radius 3 is 2.24 bits per heavy atom. The number of alkyl halides is 3. The molecule has 0 saturated carbocycles. The van der Waals surface area contributed by atoms with Crippen molar-refractivity contribution in [1.82, 2.24) is 14.3 Å². The minimum absolute atomic E-state index is 0.168. The third-order valence-corrected chi connectivity index (χ3v) is 7.72. The molecule has 2 aliphatic heterocycles. The lowest BCUT2D eigenvalue weighted by molar-refractivity contribution is -0.144. The monoisotopic (exact) mass is 525 g/mol. The molecular formula is C19H20F5N5O3S2. The number of hydrogen-bond donors (Lipinski definition) is 1. The average Bonchev–Trinajstić information content (AvgIpc) is 3.37. The van der Waals surface area contributed by atoms with Crippen LogP contribution in [0, 0.1) is 11.6 Å². The number of anilines is 2. The molecule has 1 unspecified atom stereocenters. The van der Waals surface area contributed by atoms with E-state index in [0.29, 0.717) is 56.1 Å². The van der Waals surface area contributed by atoms with Gasteiger partial charge in [0.15, 0.2) is 21.5 Å². The number of nitrogens with zero attached hydrogens (tertiary/aromatic N) is 4. The van der Waals surface area contributed by atoms with Gasteiger partial charge in [0.05, 0.1) is 4.90 Å². The molecular weight excluding hydrogens is 505 g/mol. The van der Waals surface area contributed by atoms with Crippen molar-refractivity contribution in [2.45, 2.75) is 42.4 Å². The number of piperidine rings is 1. The number of benzene rings is 1. The van der Waals surface area contributed by atoms with E-state index in [-0.39, 0.29) is 23.5 Å². The van der Waals surface area contributed by atoms with Gasteiger partial charge in [0, 0.05) is 43.5 Å². The number of carbonyl (C=O) groups excluding carboxylic acids is 1. The fourth-order valence-corrected chi connectivity index (χ4v) is 5.48. The molecule has 4 rings (SSSR count). The van der Waals surface area contributed by atoms with Crippen LogP contribution < -0.4 is 10.2 Å². The lowest BCUT2D eigenvalue weighted by Gasteiger charge is -2.36. The summed E-state index contributed by atoms with van der Waals surface area (Å²) in [5.74, 6) is -3.76. The van der Waals surface area contributed by atoms with Gasteiger partial charge < -0.3 is 15.1 Å². The van der Waals surface area contributed by atoms with Crippen molar-refractivity contribution in [2.75, 3.05) is 36.1 Å². The van der Waals surface area contributed by atoms with Gasteiger partial charge in [0.1, 0.15) is 11.7 Å². The maximum absolute atomic E-state index is 14.4. The van der Waals surface area contributed by atoms with Crippen LogP contribution in [0.3, 0.4) is 0 Å². The van der Waals surface area contributed by atoms with E-state index in [0.717, 1.165) is 6.26 Å². The van der Waals surface area contributed by atoms with E-state index in [1.54, 1.807) is 9.80 Å². The summed E-state index contributed by atoms with van der Waals surface area (Å²) in [5, 5.41) is 2.72. The van der Waals surface area contributed by atoms with Crippen LogP contribution in [0.25, 0.3) is 0 Å². The number of likely N-dealkylation sites (tertiary alicyclic amines) is 1. The highest BCUT2D eigenvalue weighted by Crippen LogP contribution is 2.33. The zero-order valence-corrected chi connectivity index (χ0v) is 19.4.